The number of piperazine rings is 1. The summed E-state index contributed by atoms with van der Waals surface area (Å²) in [5, 5.41) is 3.70. The highest BCUT2D eigenvalue weighted by molar-refractivity contribution is 7.99. The van der Waals surface area contributed by atoms with Gasteiger partial charge in [-0.3, -0.25) is 9.69 Å². The van der Waals surface area contributed by atoms with Crippen LogP contribution in [0.4, 0.5) is 24.5 Å². The number of carbonyl (C=O) groups excluding carboxylic acids is 1. The number of benzene rings is 4. The third-order valence-corrected chi connectivity index (χ3v) is 15.9. The summed E-state index contributed by atoms with van der Waals surface area (Å²) >= 11 is 7.62. The molecule has 1 amide bonds. The lowest BCUT2D eigenvalue weighted by Gasteiger charge is -2.37. The molecule has 340 valence electrons. The lowest BCUT2D eigenvalue weighted by atomic mass is 9.95. The van der Waals surface area contributed by atoms with E-state index in [-0.39, 0.29) is 11.6 Å². The van der Waals surface area contributed by atoms with Crippen LogP contribution in [0.3, 0.4) is 0 Å². The van der Waals surface area contributed by atoms with Gasteiger partial charge in [0.2, 0.25) is 0 Å². The summed E-state index contributed by atoms with van der Waals surface area (Å²) in [5.41, 5.74) is -1.15. The van der Waals surface area contributed by atoms with Crippen molar-refractivity contribution in [2.24, 2.45) is 0 Å². The second-order valence-electron chi connectivity index (χ2n) is 16.3. The summed E-state index contributed by atoms with van der Waals surface area (Å²) in [4.78, 5) is 18.9. The van der Waals surface area contributed by atoms with E-state index in [4.69, 9.17) is 11.6 Å². The number of sulfonamides is 1. The molecule has 63 heavy (non-hydrogen) atoms. The summed E-state index contributed by atoms with van der Waals surface area (Å²) in [5.74, 6) is -0.647. The number of anilines is 2. The molecule has 1 aliphatic heterocycles. The molecule has 2 aliphatic rings. The Balaban J connectivity index is 1.13. The molecule has 4 aromatic carbocycles. The standard InChI is InChI=1S/C46H55ClF3N5O5S3/c1-33(2)53(3)25-24-38(32-61-40-11-7-5-8-12-40)51-43-23-22-41(30-44(43)62(57,58)46(48,49)50)63(59,60)52-45(56)35-16-20-39(21-17-35)55-28-26-54(27-29-55)31-36-10-6-4-9-13-42(36)34-14-18-37(47)19-15-34/h5,7-8,11-12,14-23,30,33,38,51H,4,6,9-10,13,24-29,31-32H2,1-3H3,(H,52,56)/t38-/m1/s1. The number of rotatable bonds is 17. The van der Waals surface area contributed by atoms with E-state index in [1.54, 1.807) is 12.1 Å². The first-order valence-electron chi connectivity index (χ1n) is 21.1. The van der Waals surface area contributed by atoms with Crippen molar-refractivity contribution < 1.29 is 34.8 Å². The van der Waals surface area contributed by atoms with Crippen molar-refractivity contribution in [1.29, 1.82) is 0 Å². The number of thioether (sulfide) groups is 1. The quantitative estimate of drug-likeness (QED) is 0.0992. The first-order valence-corrected chi connectivity index (χ1v) is 25.5. The van der Waals surface area contributed by atoms with Gasteiger partial charge in [0.15, 0.2) is 0 Å². The van der Waals surface area contributed by atoms with Crippen LogP contribution in [0.5, 0.6) is 0 Å². The molecule has 1 aliphatic carbocycles. The van der Waals surface area contributed by atoms with Crippen molar-refractivity contribution in [3.63, 3.8) is 0 Å². The molecule has 2 N–H and O–H groups in total. The minimum atomic E-state index is -6.04. The van der Waals surface area contributed by atoms with Crippen LogP contribution in [0.25, 0.3) is 5.57 Å². The number of hydrogen-bond donors (Lipinski definition) is 2. The molecule has 10 nitrogen and oxygen atoms in total. The average molecular weight is 947 g/mol. The molecule has 6 rings (SSSR count). The van der Waals surface area contributed by atoms with Crippen molar-refractivity contribution in [2.45, 2.75) is 84.7 Å². The summed E-state index contributed by atoms with van der Waals surface area (Å²) in [6.07, 6.45) is 6.11. The molecule has 0 unspecified atom stereocenters. The molecule has 1 heterocycles. The fourth-order valence-electron chi connectivity index (χ4n) is 7.70. The number of alkyl halides is 3. The van der Waals surface area contributed by atoms with Crippen molar-refractivity contribution in [1.82, 2.24) is 14.5 Å². The van der Waals surface area contributed by atoms with E-state index in [2.05, 4.69) is 32.1 Å². The number of hydrogen-bond acceptors (Lipinski definition) is 10. The maximum absolute atomic E-state index is 14.1. The number of amides is 1. The maximum atomic E-state index is 14.1. The van der Waals surface area contributed by atoms with Crippen LogP contribution < -0.4 is 14.9 Å². The van der Waals surface area contributed by atoms with Gasteiger partial charge < -0.3 is 15.1 Å². The molecule has 1 fully saturated rings. The largest absolute Gasteiger partial charge is 0.501 e. The molecule has 0 saturated carbocycles. The molecular formula is C46H55ClF3N5O5S3. The molecule has 0 bridgehead atoms. The lowest BCUT2D eigenvalue weighted by Crippen LogP contribution is -2.47. The predicted molar refractivity (Wildman–Crippen MR) is 248 cm³/mol. The van der Waals surface area contributed by atoms with Crippen molar-refractivity contribution >= 4 is 66.1 Å². The van der Waals surface area contributed by atoms with E-state index in [1.165, 1.54) is 59.9 Å². The Labute approximate surface area is 379 Å². The van der Waals surface area contributed by atoms with Gasteiger partial charge in [0.05, 0.1) is 10.6 Å². The second-order valence-corrected chi connectivity index (χ2v) is 21.5. The highest BCUT2D eigenvalue weighted by Crippen LogP contribution is 2.37. The molecule has 0 spiro atoms. The lowest BCUT2D eigenvalue weighted by molar-refractivity contribution is -0.0435. The van der Waals surface area contributed by atoms with Crippen LogP contribution >= 0.6 is 23.4 Å². The van der Waals surface area contributed by atoms with Gasteiger partial charge in [-0.15, -0.1) is 11.8 Å². The molecule has 0 radical (unpaired) electrons. The SMILES string of the molecule is CC(C)N(C)CC[C@H](CSc1ccccc1)Nc1ccc(S(=O)(=O)NC(=O)c2ccc(N3CCN(CC4=C(c5ccc(Cl)cc5)CCCCC4)CC3)cc2)cc1S(=O)(=O)C(F)(F)F. The number of carbonyl (C=O) groups is 1. The van der Waals surface area contributed by atoms with Gasteiger partial charge in [-0.2, -0.15) is 13.2 Å². The molecular weight excluding hydrogens is 891 g/mol. The zero-order valence-electron chi connectivity index (χ0n) is 35.7. The Bertz CT molecular complexity index is 2430. The predicted octanol–water partition coefficient (Wildman–Crippen LogP) is 9.60. The minimum absolute atomic E-state index is 0.00235. The summed E-state index contributed by atoms with van der Waals surface area (Å²) in [6.45, 7) is 8.61. The van der Waals surface area contributed by atoms with Crippen molar-refractivity contribution in [3.8, 4) is 0 Å². The highest BCUT2D eigenvalue weighted by Gasteiger charge is 2.48. The number of nitrogens with zero attached hydrogens (tertiary/aromatic N) is 3. The first-order chi connectivity index (χ1) is 29.9. The normalized spacial score (nSPS) is 16.3. The highest BCUT2D eigenvalue weighted by atomic mass is 35.5. The number of nitrogens with one attached hydrogen (secondary N) is 2. The molecule has 1 saturated heterocycles. The fraction of sp³-hybridized carbons (Fsp3) is 0.413. The maximum Gasteiger partial charge on any atom is 0.501 e. The van der Waals surface area contributed by atoms with Gasteiger partial charge in [0.25, 0.3) is 25.8 Å². The van der Waals surface area contributed by atoms with Crippen LogP contribution in [0.15, 0.2) is 117 Å². The Kier molecular flexibility index (Phi) is 16.4. The van der Waals surface area contributed by atoms with Crippen LogP contribution in [-0.2, 0) is 19.9 Å². The fourth-order valence-corrected chi connectivity index (χ4v) is 10.8. The Morgan fingerprint density at radius 1 is 0.857 bits per heavy atom. The zero-order valence-corrected chi connectivity index (χ0v) is 38.9. The third-order valence-electron chi connectivity index (χ3n) is 11.7. The number of halogens is 4. The van der Waals surface area contributed by atoms with Crippen LogP contribution in [0, 0.1) is 0 Å². The van der Waals surface area contributed by atoms with Crippen LogP contribution in [0.1, 0.15) is 68.3 Å². The van der Waals surface area contributed by atoms with E-state index < -0.39 is 52.8 Å². The van der Waals surface area contributed by atoms with E-state index in [0.29, 0.717) is 24.8 Å². The van der Waals surface area contributed by atoms with Gasteiger partial charge in [-0.25, -0.2) is 21.6 Å². The molecule has 1 atom stereocenters. The molecule has 17 heteroatoms. The summed E-state index contributed by atoms with van der Waals surface area (Å²) in [7, 11) is -8.96. The Morgan fingerprint density at radius 2 is 1.52 bits per heavy atom. The van der Waals surface area contributed by atoms with Crippen LogP contribution in [-0.4, -0.2) is 102 Å². The average Bonchev–Trinajstić information content (AvgIpc) is 3.50. The number of allylic oxidation sites excluding steroid dienone is 1. The van der Waals surface area contributed by atoms with E-state index in [9.17, 15) is 34.8 Å². The van der Waals surface area contributed by atoms with Crippen molar-refractivity contribution in [2.75, 3.05) is 62.3 Å². The van der Waals surface area contributed by atoms with Gasteiger partial charge in [0.1, 0.15) is 4.90 Å². The Hall–Kier alpha value is -4.06. The van der Waals surface area contributed by atoms with Gasteiger partial charge in [0, 0.05) is 78.3 Å². The topological polar surface area (TPSA) is 119 Å². The van der Waals surface area contributed by atoms with Gasteiger partial charge >= 0.3 is 5.51 Å². The van der Waals surface area contributed by atoms with Crippen LogP contribution in [0.2, 0.25) is 5.02 Å². The Morgan fingerprint density at radius 3 is 2.17 bits per heavy atom. The smallest absolute Gasteiger partial charge is 0.380 e. The number of sulfone groups is 1. The first kappa shape index (κ1) is 48.4. The third kappa shape index (κ3) is 12.8. The molecule has 4 aromatic rings. The van der Waals surface area contributed by atoms with E-state index >= 15 is 0 Å². The monoisotopic (exact) mass is 945 g/mol. The van der Waals surface area contributed by atoms with E-state index in [1.807, 2.05) is 68.1 Å². The summed E-state index contributed by atoms with van der Waals surface area (Å²) in [6, 6.07) is 26.0. The summed E-state index contributed by atoms with van der Waals surface area (Å²) < 4.78 is 97.4. The van der Waals surface area contributed by atoms with Gasteiger partial charge in [-0.05, 0) is 131 Å². The van der Waals surface area contributed by atoms with Gasteiger partial charge in [-0.1, -0.05) is 53.9 Å². The molecule has 0 aromatic heterocycles. The van der Waals surface area contributed by atoms with E-state index in [0.717, 1.165) is 73.3 Å². The zero-order chi connectivity index (χ0) is 45.4. The van der Waals surface area contributed by atoms with Crippen molar-refractivity contribution in [3.05, 3.63) is 119 Å². The minimum Gasteiger partial charge on any atom is -0.380 e. The second kappa shape index (κ2) is 21.3.